The maximum Gasteiger partial charge on any atom is 0.220 e. The van der Waals surface area contributed by atoms with Crippen LogP contribution in [0.15, 0.2) is 18.5 Å². The summed E-state index contributed by atoms with van der Waals surface area (Å²) < 4.78 is 6.48. The number of fused-ring (bicyclic) bond motifs is 1. The molecule has 3 aromatic heterocycles. The van der Waals surface area contributed by atoms with Gasteiger partial charge in [-0.25, -0.2) is 19.9 Å². The van der Waals surface area contributed by atoms with Crippen LogP contribution in [0.3, 0.4) is 0 Å². The molecule has 4 rings (SSSR count). The average molecular weight is 399 g/mol. The van der Waals surface area contributed by atoms with E-state index in [2.05, 4.69) is 20.2 Å². The normalized spacial score (nSPS) is 14.4. The quantitative estimate of drug-likeness (QED) is 0.664. The molecule has 146 valence electrons. The Kier molecular flexibility index (Phi) is 5.31. The lowest BCUT2D eigenvalue weighted by molar-refractivity contribution is -0.120. The number of nitrogens with zero attached hydrogens (tertiary/aromatic N) is 5. The van der Waals surface area contributed by atoms with Crippen LogP contribution in [0.4, 0.5) is 11.8 Å². The summed E-state index contributed by atoms with van der Waals surface area (Å²) in [5.74, 6) is 1.66. The van der Waals surface area contributed by atoms with E-state index in [1.165, 1.54) is 0 Å². The van der Waals surface area contributed by atoms with E-state index >= 15 is 0 Å². The second-order valence-corrected chi connectivity index (χ2v) is 7.49. The van der Waals surface area contributed by atoms with Gasteiger partial charge in [0.15, 0.2) is 11.6 Å². The van der Waals surface area contributed by atoms with Crippen molar-refractivity contribution in [3.05, 3.63) is 23.3 Å². The highest BCUT2D eigenvalue weighted by molar-refractivity contribution is 7.19. The highest BCUT2D eigenvalue weighted by atomic mass is 32.1. The zero-order chi connectivity index (χ0) is 19.5. The number of carbonyl (C=O) groups excluding carboxylic acids is 1. The number of rotatable bonds is 5. The van der Waals surface area contributed by atoms with Gasteiger partial charge in [0.2, 0.25) is 11.9 Å². The van der Waals surface area contributed by atoms with Gasteiger partial charge in [-0.3, -0.25) is 4.79 Å². The Morgan fingerprint density at radius 2 is 2.04 bits per heavy atom. The number of thiophene rings is 1. The number of hydrogen-bond donors (Lipinski definition) is 2. The monoisotopic (exact) mass is 399 g/mol. The summed E-state index contributed by atoms with van der Waals surface area (Å²) in [6, 6.07) is 2.00. The van der Waals surface area contributed by atoms with Crippen molar-refractivity contribution in [3.8, 4) is 11.4 Å². The SMILES string of the molecule is CCC(=O)NCc1cc2nc(-c3cnc(N)nc3)nc(N3CCOCC3)c2s1. The minimum Gasteiger partial charge on any atom is -0.378 e. The third-order valence-electron chi connectivity index (χ3n) is 4.43. The molecule has 0 unspecified atom stereocenters. The molecule has 0 aromatic carbocycles. The summed E-state index contributed by atoms with van der Waals surface area (Å²) in [5.41, 5.74) is 7.14. The summed E-state index contributed by atoms with van der Waals surface area (Å²) in [6.07, 6.45) is 3.72. The van der Waals surface area contributed by atoms with Crippen LogP contribution in [0.5, 0.6) is 0 Å². The molecule has 0 radical (unpaired) electrons. The minimum absolute atomic E-state index is 0.0247. The largest absolute Gasteiger partial charge is 0.378 e. The first-order valence-electron chi connectivity index (χ1n) is 9.11. The molecular weight excluding hydrogens is 378 g/mol. The van der Waals surface area contributed by atoms with Crippen molar-refractivity contribution in [2.45, 2.75) is 19.9 Å². The predicted molar refractivity (Wildman–Crippen MR) is 108 cm³/mol. The van der Waals surface area contributed by atoms with Gasteiger partial charge in [0.05, 0.1) is 35.5 Å². The van der Waals surface area contributed by atoms with Gasteiger partial charge in [0.25, 0.3) is 0 Å². The molecule has 3 aromatic rings. The topological polar surface area (TPSA) is 119 Å². The van der Waals surface area contributed by atoms with Crippen LogP contribution in [0.1, 0.15) is 18.2 Å². The standard InChI is InChI=1S/C18H21N7O2S/c1-2-14(26)20-10-12-7-13-15(28-12)17(25-3-5-27-6-4-25)24-16(23-13)11-8-21-18(19)22-9-11/h7-9H,2-6,10H2,1H3,(H,20,26)(H2,19,21,22). The van der Waals surface area contributed by atoms with Crippen molar-refractivity contribution in [3.63, 3.8) is 0 Å². The number of nitrogen functional groups attached to an aromatic ring is 1. The van der Waals surface area contributed by atoms with Crippen LogP contribution in [0, 0.1) is 0 Å². The first kappa shape index (κ1) is 18.5. The number of carbonyl (C=O) groups is 1. The van der Waals surface area contributed by atoms with Crippen molar-refractivity contribution >= 4 is 39.2 Å². The summed E-state index contributed by atoms with van der Waals surface area (Å²) in [7, 11) is 0. The minimum atomic E-state index is 0.0247. The molecule has 10 heteroatoms. The van der Waals surface area contributed by atoms with E-state index in [1.54, 1.807) is 23.7 Å². The number of nitrogens with two attached hydrogens (primary N) is 1. The van der Waals surface area contributed by atoms with E-state index in [-0.39, 0.29) is 11.9 Å². The van der Waals surface area contributed by atoms with Gasteiger partial charge < -0.3 is 20.7 Å². The number of ether oxygens (including phenoxy) is 1. The average Bonchev–Trinajstić information content (AvgIpc) is 3.15. The molecule has 1 aliphatic heterocycles. The van der Waals surface area contributed by atoms with Crippen LogP contribution in [0.25, 0.3) is 21.6 Å². The first-order valence-corrected chi connectivity index (χ1v) is 9.93. The summed E-state index contributed by atoms with van der Waals surface area (Å²) in [6.45, 7) is 5.18. The molecular formula is C18H21N7O2S. The summed E-state index contributed by atoms with van der Waals surface area (Å²) in [4.78, 5) is 32.5. The zero-order valence-electron chi connectivity index (χ0n) is 15.5. The Hall–Kier alpha value is -2.85. The van der Waals surface area contributed by atoms with E-state index < -0.39 is 0 Å². The molecule has 1 fully saturated rings. The molecule has 0 spiro atoms. The molecule has 0 atom stereocenters. The van der Waals surface area contributed by atoms with Crippen molar-refractivity contribution < 1.29 is 9.53 Å². The van der Waals surface area contributed by atoms with Crippen LogP contribution < -0.4 is 16.0 Å². The maximum absolute atomic E-state index is 11.6. The van der Waals surface area contributed by atoms with Gasteiger partial charge in [0, 0.05) is 36.8 Å². The maximum atomic E-state index is 11.6. The van der Waals surface area contributed by atoms with E-state index in [9.17, 15) is 4.79 Å². The van der Waals surface area contributed by atoms with Gasteiger partial charge in [0.1, 0.15) is 0 Å². The van der Waals surface area contributed by atoms with Crippen molar-refractivity contribution in [2.24, 2.45) is 0 Å². The molecule has 9 nitrogen and oxygen atoms in total. The Bertz CT molecular complexity index is 984. The lowest BCUT2D eigenvalue weighted by Gasteiger charge is -2.28. The number of amides is 1. The number of morpholine rings is 1. The molecule has 4 heterocycles. The number of nitrogens with one attached hydrogen (secondary N) is 1. The van der Waals surface area contributed by atoms with Gasteiger partial charge in [-0.2, -0.15) is 0 Å². The number of hydrogen-bond acceptors (Lipinski definition) is 9. The van der Waals surface area contributed by atoms with E-state index in [4.69, 9.17) is 20.4 Å². The fourth-order valence-electron chi connectivity index (χ4n) is 2.93. The van der Waals surface area contributed by atoms with E-state index in [0.717, 1.165) is 34.0 Å². The second kappa shape index (κ2) is 8.03. The van der Waals surface area contributed by atoms with E-state index in [0.29, 0.717) is 37.6 Å². The van der Waals surface area contributed by atoms with E-state index in [1.807, 2.05) is 13.0 Å². The highest BCUT2D eigenvalue weighted by Crippen LogP contribution is 2.34. The molecule has 1 saturated heterocycles. The lowest BCUT2D eigenvalue weighted by atomic mass is 10.3. The Balaban J connectivity index is 1.76. The lowest BCUT2D eigenvalue weighted by Crippen LogP contribution is -2.36. The molecule has 28 heavy (non-hydrogen) atoms. The van der Waals surface area contributed by atoms with Crippen molar-refractivity contribution in [2.75, 3.05) is 36.9 Å². The summed E-state index contributed by atoms with van der Waals surface area (Å²) >= 11 is 1.60. The number of aromatic nitrogens is 4. The van der Waals surface area contributed by atoms with Crippen molar-refractivity contribution in [1.29, 1.82) is 0 Å². The third-order valence-corrected chi connectivity index (χ3v) is 5.55. The van der Waals surface area contributed by atoms with Crippen LogP contribution in [-0.2, 0) is 16.1 Å². The van der Waals surface area contributed by atoms with Gasteiger partial charge in [-0.15, -0.1) is 11.3 Å². The fraction of sp³-hybridized carbons (Fsp3) is 0.389. The predicted octanol–water partition coefficient (Wildman–Crippen LogP) is 1.59. The van der Waals surface area contributed by atoms with Crippen LogP contribution >= 0.6 is 11.3 Å². The van der Waals surface area contributed by atoms with Crippen LogP contribution in [-0.4, -0.2) is 52.1 Å². The number of anilines is 2. The molecule has 0 saturated carbocycles. The third kappa shape index (κ3) is 3.87. The highest BCUT2D eigenvalue weighted by Gasteiger charge is 2.20. The second-order valence-electron chi connectivity index (χ2n) is 6.36. The zero-order valence-corrected chi connectivity index (χ0v) is 16.3. The van der Waals surface area contributed by atoms with Gasteiger partial charge in [-0.05, 0) is 6.07 Å². The Morgan fingerprint density at radius 1 is 1.29 bits per heavy atom. The fourth-order valence-corrected chi connectivity index (χ4v) is 3.99. The van der Waals surface area contributed by atoms with Crippen LogP contribution in [0.2, 0.25) is 0 Å². The molecule has 0 bridgehead atoms. The Labute approximate surface area is 166 Å². The van der Waals surface area contributed by atoms with Gasteiger partial charge in [-0.1, -0.05) is 6.92 Å². The molecule has 3 N–H and O–H groups in total. The molecule has 0 aliphatic carbocycles. The first-order chi connectivity index (χ1) is 13.6. The molecule has 1 aliphatic rings. The smallest absolute Gasteiger partial charge is 0.220 e. The molecule has 1 amide bonds. The van der Waals surface area contributed by atoms with Gasteiger partial charge >= 0.3 is 0 Å². The summed E-state index contributed by atoms with van der Waals surface area (Å²) in [5, 5.41) is 2.92. The Morgan fingerprint density at radius 3 is 2.75 bits per heavy atom. The van der Waals surface area contributed by atoms with Crippen molar-refractivity contribution in [1.82, 2.24) is 25.3 Å².